The molecule has 0 amide bonds. The normalized spacial score (nSPS) is 12.9. The van der Waals surface area contributed by atoms with Crippen molar-refractivity contribution < 1.29 is 53.9 Å². The summed E-state index contributed by atoms with van der Waals surface area (Å²) >= 11 is 5.68. The summed E-state index contributed by atoms with van der Waals surface area (Å²) in [6.45, 7) is 3.21. The van der Waals surface area contributed by atoms with E-state index in [0.29, 0.717) is 6.07 Å². The Morgan fingerprint density at radius 3 is 2.06 bits per heavy atom. The second-order valence-electron chi connectivity index (χ2n) is 6.45. The molecule has 34 heavy (non-hydrogen) atoms. The molecule has 2 aromatic rings. The largest absolute Gasteiger partial charge is 0.483 e. The van der Waals surface area contributed by atoms with Gasteiger partial charge in [0.05, 0.1) is 9.95 Å². The van der Waals surface area contributed by atoms with Crippen LogP contribution in [-0.4, -0.2) is 29.6 Å². The molecule has 0 unspecified atom stereocenters. The molecule has 0 heterocycles. The van der Waals surface area contributed by atoms with E-state index >= 15 is 0 Å². The van der Waals surface area contributed by atoms with Gasteiger partial charge in [-0.1, -0.05) is 24.3 Å². The predicted molar refractivity (Wildman–Crippen MR) is 100 cm³/mol. The molecule has 186 valence electrons. The molecule has 0 radical (unpaired) electrons. The molecule has 0 fully saturated rings. The minimum Gasteiger partial charge on any atom is -0.483 e. The van der Waals surface area contributed by atoms with Crippen LogP contribution >= 0.6 is 11.6 Å². The van der Waals surface area contributed by atoms with Crippen LogP contribution in [0, 0.1) is 10.1 Å². The molecule has 0 atom stereocenters. The Kier molecular flexibility index (Phi) is 7.36. The number of nitro benzene ring substituents is 1. The molecule has 0 N–H and O–H groups in total. The Balaban J connectivity index is 2.41. The Bertz CT molecular complexity index is 1090. The van der Waals surface area contributed by atoms with Crippen LogP contribution in [0.15, 0.2) is 49.1 Å². The first-order valence-corrected chi connectivity index (χ1v) is 9.05. The summed E-state index contributed by atoms with van der Waals surface area (Å²) in [6, 6.07) is 3.64. The van der Waals surface area contributed by atoms with E-state index in [2.05, 4.69) is 6.58 Å². The quantitative estimate of drug-likeness (QED) is 0.147. The standard InChI is InChI=1S/C19H11ClF9NO4/c1-2-7-33-15-9-11(4-5-13(15)30(31)32)34-14-6-3-10(8-12(14)20)16(21,22)17(23,24)18(25,26)19(27,28)29/h2-6,8-9H,1,7H2. The SMILES string of the molecule is C=CCOc1cc(Oc2ccc(C(F)(F)C(F)(F)C(F)(F)C(F)(F)F)cc2Cl)ccc1[N+](=O)[O-]. The summed E-state index contributed by atoms with van der Waals surface area (Å²) < 4.78 is 129. The van der Waals surface area contributed by atoms with E-state index in [-0.39, 0.29) is 30.2 Å². The van der Waals surface area contributed by atoms with Gasteiger partial charge in [-0.15, -0.1) is 0 Å². The van der Waals surface area contributed by atoms with Gasteiger partial charge in [0.1, 0.15) is 18.1 Å². The van der Waals surface area contributed by atoms with Crippen molar-refractivity contribution in [2.45, 2.75) is 23.9 Å². The van der Waals surface area contributed by atoms with E-state index in [1.165, 1.54) is 6.08 Å². The fourth-order valence-corrected chi connectivity index (χ4v) is 2.65. The smallest absolute Gasteiger partial charge is 0.460 e. The van der Waals surface area contributed by atoms with Crippen molar-refractivity contribution in [1.29, 1.82) is 0 Å². The summed E-state index contributed by atoms with van der Waals surface area (Å²) in [5, 5.41) is 10.2. The topological polar surface area (TPSA) is 61.6 Å². The second-order valence-corrected chi connectivity index (χ2v) is 6.86. The lowest BCUT2D eigenvalue weighted by atomic mass is 9.96. The lowest BCUT2D eigenvalue weighted by Gasteiger charge is -2.33. The average molecular weight is 524 g/mol. The Morgan fingerprint density at radius 2 is 1.56 bits per heavy atom. The maximum Gasteiger partial charge on any atom is 0.460 e. The minimum atomic E-state index is -7.06. The average Bonchev–Trinajstić information content (AvgIpc) is 2.72. The summed E-state index contributed by atoms with van der Waals surface area (Å²) in [6.07, 6.45) is -5.70. The number of ether oxygens (including phenoxy) is 2. The molecule has 0 aliphatic rings. The molecule has 0 bridgehead atoms. The van der Waals surface area contributed by atoms with Gasteiger partial charge in [0.15, 0.2) is 0 Å². The van der Waals surface area contributed by atoms with E-state index in [4.69, 9.17) is 21.1 Å². The molecule has 0 saturated carbocycles. The zero-order valence-electron chi connectivity index (χ0n) is 16.3. The van der Waals surface area contributed by atoms with Crippen LogP contribution in [0.3, 0.4) is 0 Å². The van der Waals surface area contributed by atoms with Crippen molar-refractivity contribution in [2.24, 2.45) is 0 Å². The highest BCUT2D eigenvalue weighted by molar-refractivity contribution is 6.32. The van der Waals surface area contributed by atoms with Gasteiger partial charge < -0.3 is 9.47 Å². The van der Waals surface area contributed by atoms with Gasteiger partial charge in [0.2, 0.25) is 5.75 Å². The lowest BCUT2D eigenvalue weighted by Crippen LogP contribution is -2.59. The highest BCUT2D eigenvalue weighted by atomic mass is 35.5. The van der Waals surface area contributed by atoms with Gasteiger partial charge in [-0.25, -0.2) is 0 Å². The number of nitro groups is 1. The summed E-state index contributed by atoms with van der Waals surface area (Å²) in [7, 11) is 0. The van der Waals surface area contributed by atoms with E-state index in [9.17, 15) is 49.6 Å². The van der Waals surface area contributed by atoms with Gasteiger partial charge in [-0.2, -0.15) is 39.5 Å². The fourth-order valence-electron chi connectivity index (χ4n) is 2.44. The van der Waals surface area contributed by atoms with Crippen LogP contribution < -0.4 is 9.47 Å². The number of hydrogen-bond donors (Lipinski definition) is 0. The fraction of sp³-hybridized carbons (Fsp3) is 0.263. The summed E-state index contributed by atoms with van der Waals surface area (Å²) in [5.41, 5.74) is -2.43. The van der Waals surface area contributed by atoms with Crippen molar-refractivity contribution in [1.82, 2.24) is 0 Å². The highest BCUT2D eigenvalue weighted by Crippen LogP contribution is 2.57. The number of nitrogens with zero attached hydrogens (tertiary/aromatic N) is 1. The third-order valence-electron chi connectivity index (χ3n) is 4.15. The van der Waals surface area contributed by atoms with Gasteiger partial charge in [-0.3, -0.25) is 10.1 Å². The van der Waals surface area contributed by atoms with Crippen molar-refractivity contribution >= 4 is 17.3 Å². The first-order valence-electron chi connectivity index (χ1n) is 8.67. The maximum atomic E-state index is 14.1. The molecule has 0 aromatic heterocycles. The molecular weight excluding hydrogens is 513 g/mol. The summed E-state index contributed by atoms with van der Waals surface area (Å²) in [5.74, 6) is -20.9. The number of rotatable bonds is 9. The van der Waals surface area contributed by atoms with E-state index in [0.717, 1.165) is 18.2 Å². The number of benzene rings is 2. The van der Waals surface area contributed by atoms with Crippen molar-refractivity contribution in [3.8, 4) is 17.2 Å². The Hall–Kier alpha value is -3.16. The first kappa shape index (κ1) is 27.1. The lowest BCUT2D eigenvalue weighted by molar-refractivity contribution is -0.399. The molecule has 2 aromatic carbocycles. The number of halogens is 10. The van der Waals surface area contributed by atoms with Crippen LogP contribution in [0.1, 0.15) is 5.56 Å². The maximum absolute atomic E-state index is 14.1. The third kappa shape index (κ3) is 4.86. The first-order chi connectivity index (χ1) is 15.5. The molecule has 0 aliphatic carbocycles. The Morgan fingerprint density at radius 1 is 0.941 bits per heavy atom. The third-order valence-corrected chi connectivity index (χ3v) is 4.45. The van der Waals surface area contributed by atoms with Gasteiger partial charge in [0.25, 0.3) is 0 Å². The van der Waals surface area contributed by atoms with E-state index < -0.39 is 50.9 Å². The molecule has 0 saturated heterocycles. The van der Waals surface area contributed by atoms with Crippen LogP contribution in [-0.2, 0) is 5.92 Å². The Labute approximate surface area is 189 Å². The van der Waals surface area contributed by atoms with Gasteiger partial charge >= 0.3 is 29.6 Å². The predicted octanol–water partition coefficient (Wildman–Crippen LogP) is 7.53. The summed E-state index contributed by atoms with van der Waals surface area (Å²) in [4.78, 5) is 10.2. The van der Waals surface area contributed by atoms with Crippen LogP contribution in [0.2, 0.25) is 5.02 Å². The van der Waals surface area contributed by atoms with Gasteiger partial charge in [-0.05, 0) is 24.3 Å². The zero-order chi connectivity index (χ0) is 26.1. The molecule has 2 rings (SSSR count). The molecule has 0 aliphatic heterocycles. The molecular formula is C19H11ClF9NO4. The zero-order valence-corrected chi connectivity index (χ0v) is 17.1. The number of hydrogen-bond acceptors (Lipinski definition) is 4. The monoisotopic (exact) mass is 523 g/mol. The molecule has 15 heteroatoms. The van der Waals surface area contributed by atoms with Crippen molar-refractivity contribution in [2.75, 3.05) is 6.61 Å². The van der Waals surface area contributed by atoms with Crippen LogP contribution in [0.4, 0.5) is 45.2 Å². The van der Waals surface area contributed by atoms with Crippen molar-refractivity contribution in [3.63, 3.8) is 0 Å². The van der Waals surface area contributed by atoms with E-state index in [1.54, 1.807) is 0 Å². The van der Waals surface area contributed by atoms with E-state index in [1.807, 2.05) is 0 Å². The highest BCUT2D eigenvalue weighted by Gasteiger charge is 2.82. The van der Waals surface area contributed by atoms with Gasteiger partial charge in [0, 0.05) is 17.7 Å². The second kappa shape index (κ2) is 9.24. The molecule has 5 nitrogen and oxygen atoms in total. The van der Waals surface area contributed by atoms with Crippen LogP contribution in [0.5, 0.6) is 17.2 Å². The minimum absolute atomic E-state index is 0.0256. The molecule has 0 spiro atoms. The number of alkyl halides is 9. The van der Waals surface area contributed by atoms with Crippen LogP contribution in [0.25, 0.3) is 0 Å². The van der Waals surface area contributed by atoms with Crippen molar-refractivity contribution in [3.05, 3.63) is 69.8 Å².